The number of hydrogen-bond acceptors (Lipinski definition) is 3. The Morgan fingerprint density at radius 2 is 1.68 bits per heavy atom. The molecule has 5 heteroatoms. The van der Waals surface area contributed by atoms with Gasteiger partial charge in [0.2, 0.25) is 0 Å². The van der Waals surface area contributed by atoms with E-state index >= 15 is 0 Å². The third kappa shape index (κ3) is 5.18. The van der Waals surface area contributed by atoms with Gasteiger partial charge in [-0.2, -0.15) is 0 Å². The zero-order chi connectivity index (χ0) is 14.3. The summed E-state index contributed by atoms with van der Waals surface area (Å²) in [5, 5.41) is 8.68. The van der Waals surface area contributed by atoms with E-state index in [-0.39, 0.29) is 6.61 Å². The quantitative estimate of drug-likeness (QED) is 0.638. The van der Waals surface area contributed by atoms with Crippen LogP contribution in [0.15, 0.2) is 29.3 Å². The molecule has 19 heavy (non-hydrogen) atoms. The van der Waals surface area contributed by atoms with Crippen LogP contribution >= 0.6 is 0 Å². The standard InChI is InChI=1S/C14H23N3O2/c1-16(2)14(17(3)4)15-11-12-5-7-13(8-6-12)19-10-9-18/h5-8,18H,9-11H2,1-4H3. The zero-order valence-corrected chi connectivity index (χ0v) is 12.1. The zero-order valence-electron chi connectivity index (χ0n) is 12.1. The summed E-state index contributed by atoms with van der Waals surface area (Å²) in [5.74, 6) is 1.70. The van der Waals surface area contributed by atoms with Gasteiger partial charge in [-0.3, -0.25) is 0 Å². The lowest BCUT2D eigenvalue weighted by Gasteiger charge is -2.22. The van der Waals surface area contributed by atoms with Crippen molar-refractivity contribution in [2.45, 2.75) is 6.54 Å². The van der Waals surface area contributed by atoms with Crippen LogP contribution in [0.2, 0.25) is 0 Å². The first kappa shape index (κ1) is 15.3. The van der Waals surface area contributed by atoms with Crippen molar-refractivity contribution in [2.75, 3.05) is 41.4 Å². The molecule has 0 aromatic heterocycles. The van der Waals surface area contributed by atoms with Gasteiger partial charge in [-0.05, 0) is 17.7 Å². The second-order valence-electron chi connectivity index (χ2n) is 4.62. The normalized spacial score (nSPS) is 9.95. The second kappa shape index (κ2) is 7.63. The van der Waals surface area contributed by atoms with Crippen LogP contribution in [0.5, 0.6) is 5.75 Å². The third-order valence-electron chi connectivity index (χ3n) is 2.49. The summed E-state index contributed by atoms with van der Waals surface area (Å²) in [5.41, 5.74) is 1.12. The number of nitrogens with zero attached hydrogens (tertiary/aromatic N) is 3. The lowest BCUT2D eigenvalue weighted by atomic mass is 10.2. The Labute approximate surface area is 115 Å². The molecule has 0 fully saturated rings. The predicted octanol–water partition coefficient (Wildman–Crippen LogP) is 1.04. The minimum absolute atomic E-state index is 0.0288. The van der Waals surface area contributed by atoms with Gasteiger partial charge < -0.3 is 19.6 Å². The average Bonchev–Trinajstić information content (AvgIpc) is 2.37. The molecule has 0 heterocycles. The first-order valence-electron chi connectivity index (χ1n) is 6.26. The Morgan fingerprint density at radius 1 is 1.11 bits per heavy atom. The molecule has 0 bridgehead atoms. The van der Waals surface area contributed by atoms with Crippen LogP contribution in [0.25, 0.3) is 0 Å². The van der Waals surface area contributed by atoms with Gasteiger partial charge >= 0.3 is 0 Å². The van der Waals surface area contributed by atoms with Crippen molar-refractivity contribution in [3.05, 3.63) is 29.8 Å². The summed E-state index contributed by atoms with van der Waals surface area (Å²) < 4.78 is 5.31. The number of ether oxygens (including phenoxy) is 1. The van der Waals surface area contributed by atoms with Crippen LogP contribution in [0.4, 0.5) is 0 Å². The van der Waals surface area contributed by atoms with Crippen molar-refractivity contribution in [1.29, 1.82) is 0 Å². The maximum atomic E-state index is 8.68. The Kier molecular flexibility index (Phi) is 6.15. The first-order valence-corrected chi connectivity index (χ1v) is 6.26. The number of rotatable bonds is 5. The molecule has 1 aromatic rings. The lowest BCUT2D eigenvalue weighted by Crippen LogP contribution is -2.35. The average molecular weight is 265 g/mol. The van der Waals surface area contributed by atoms with Gasteiger partial charge in [0.15, 0.2) is 5.96 Å². The number of guanidine groups is 1. The SMILES string of the molecule is CN(C)C(=NCc1ccc(OCCO)cc1)N(C)C. The van der Waals surface area contributed by atoms with E-state index in [0.29, 0.717) is 13.2 Å². The van der Waals surface area contributed by atoms with E-state index in [9.17, 15) is 0 Å². The number of aliphatic hydroxyl groups is 1. The molecular formula is C14H23N3O2. The van der Waals surface area contributed by atoms with E-state index in [2.05, 4.69) is 4.99 Å². The Hall–Kier alpha value is -1.75. The number of benzene rings is 1. The number of aliphatic hydroxyl groups excluding tert-OH is 1. The van der Waals surface area contributed by atoms with Crippen molar-refractivity contribution in [1.82, 2.24) is 9.80 Å². The Bertz CT molecular complexity index is 390. The van der Waals surface area contributed by atoms with Gasteiger partial charge in [0, 0.05) is 28.2 Å². The van der Waals surface area contributed by atoms with Gasteiger partial charge in [-0.15, -0.1) is 0 Å². The van der Waals surface area contributed by atoms with E-state index < -0.39 is 0 Å². The van der Waals surface area contributed by atoms with Gasteiger partial charge in [0.1, 0.15) is 12.4 Å². The topological polar surface area (TPSA) is 48.3 Å². The van der Waals surface area contributed by atoms with E-state index in [0.717, 1.165) is 17.3 Å². The van der Waals surface area contributed by atoms with Crippen LogP contribution in [0.3, 0.4) is 0 Å². The van der Waals surface area contributed by atoms with E-state index in [1.165, 1.54) is 0 Å². The van der Waals surface area contributed by atoms with Crippen LogP contribution in [0.1, 0.15) is 5.56 Å². The van der Waals surface area contributed by atoms with Crippen LogP contribution in [0, 0.1) is 0 Å². The van der Waals surface area contributed by atoms with Crippen molar-refractivity contribution in [2.24, 2.45) is 4.99 Å². The highest BCUT2D eigenvalue weighted by atomic mass is 16.5. The van der Waals surface area contributed by atoms with E-state index in [4.69, 9.17) is 9.84 Å². The van der Waals surface area contributed by atoms with E-state index in [1.54, 1.807) is 0 Å². The Balaban J connectivity index is 2.64. The molecule has 1 aromatic carbocycles. The fraction of sp³-hybridized carbons (Fsp3) is 0.500. The molecule has 5 nitrogen and oxygen atoms in total. The lowest BCUT2D eigenvalue weighted by molar-refractivity contribution is 0.201. The highest BCUT2D eigenvalue weighted by Gasteiger charge is 2.03. The summed E-state index contributed by atoms with van der Waals surface area (Å²) in [6.07, 6.45) is 0. The Morgan fingerprint density at radius 3 is 2.16 bits per heavy atom. The summed E-state index contributed by atoms with van der Waals surface area (Å²) in [6, 6.07) is 7.76. The molecule has 0 radical (unpaired) electrons. The molecule has 0 amide bonds. The number of aliphatic imine (C=N–C) groups is 1. The minimum Gasteiger partial charge on any atom is -0.491 e. The van der Waals surface area contributed by atoms with Crippen molar-refractivity contribution in [3.8, 4) is 5.75 Å². The molecule has 0 saturated carbocycles. The molecule has 1 N–H and O–H groups in total. The van der Waals surface area contributed by atoms with Gasteiger partial charge in [-0.25, -0.2) is 4.99 Å². The highest BCUT2D eigenvalue weighted by Crippen LogP contribution is 2.12. The summed E-state index contributed by atoms with van der Waals surface area (Å²) in [7, 11) is 7.91. The summed E-state index contributed by atoms with van der Waals surface area (Å²) in [6.45, 7) is 0.982. The van der Waals surface area contributed by atoms with Crippen molar-refractivity contribution < 1.29 is 9.84 Å². The molecular weight excluding hydrogens is 242 g/mol. The predicted molar refractivity (Wildman–Crippen MR) is 77.5 cm³/mol. The van der Waals surface area contributed by atoms with Crippen LogP contribution in [-0.4, -0.2) is 62.3 Å². The molecule has 0 unspecified atom stereocenters. The molecule has 0 aliphatic rings. The van der Waals surface area contributed by atoms with Crippen LogP contribution < -0.4 is 4.74 Å². The highest BCUT2D eigenvalue weighted by molar-refractivity contribution is 5.79. The third-order valence-corrected chi connectivity index (χ3v) is 2.49. The van der Waals surface area contributed by atoms with Gasteiger partial charge in [0.05, 0.1) is 13.2 Å². The van der Waals surface area contributed by atoms with Crippen LogP contribution in [-0.2, 0) is 6.54 Å². The molecule has 0 atom stereocenters. The molecule has 0 saturated heterocycles. The first-order chi connectivity index (χ1) is 9.04. The molecule has 0 aliphatic carbocycles. The molecule has 106 valence electrons. The van der Waals surface area contributed by atoms with Gasteiger partial charge in [0.25, 0.3) is 0 Å². The maximum Gasteiger partial charge on any atom is 0.195 e. The van der Waals surface area contributed by atoms with Gasteiger partial charge in [-0.1, -0.05) is 12.1 Å². The second-order valence-corrected chi connectivity index (χ2v) is 4.62. The molecule has 0 aliphatic heterocycles. The van der Waals surface area contributed by atoms with E-state index in [1.807, 2.05) is 62.3 Å². The largest absolute Gasteiger partial charge is 0.491 e. The minimum atomic E-state index is 0.0288. The maximum absolute atomic E-state index is 8.68. The fourth-order valence-electron chi connectivity index (χ4n) is 1.70. The summed E-state index contributed by atoms with van der Waals surface area (Å²) in [4.78, 5) is 8.54. The van der Waals surface area contributed by atoms with Crippen molar-refractivity contribution >= 4 is 5.96 Å². The monoisotopic (exact) mass is 265 g/mol. The molecule has 1 rings (SSSR count). The number of hydrogen-bond donors (Lipinski definition) is 1. The fourth-order valence-corrected chi connectivity index (χ4v) is 1.70. The van der Waals surface area contributed by atoms with Crippen molar-refractivity contribution in [3.63, 3.8) is 0 Å². The smallest absolute Gasteiger partial charge is 0.195 e. The molecule has 0 spiro atoms. The summed E-state index contributed by atoms with van der Waals surface area (Å²) >= 11 is 0.